The molecule has 3 aromatic carbocycles. The minimum Gasteiger partial charge on any atom is -0.449 e. The molecule has 1 saturated heterocycles. The second-order valence-electron chi connectivity index (χ2n) is 13.5. The first-order chi connectivity index (χ1) is 22.5. The number of hydrogen-bond donors (Lipinski definition) is 1. The van der Waals surface area contributed by atoms with Crippen molar-refractivity contribution in [2.45, 2.75) is 57.1 Å². The van der Waals surface area contributed by atoms with Gasteiger partial charge >= 0.3 is 12.2 Å². The highest BCUT2D eigenvalue weighted by atomic mass is 35.5. The van der Waals surface area contributed by atoms with Gasteiger partial charge in [-0.2, -0.15) is 0 Å². The van der Waals surface area contributed by atoms with Crippen LogP contribution in [0.4, 0.5) is 9.59 Å². The highest BCUT2D eigenvalue weighted by Gasteiger charge is 2.55. The molecule has 10 nitrogen and oxygen atoms in total. The Morgan fingerprint density at radius 2 is 1.66 bits per heavy atom. The van der Waals surface area contributed by atoms with Gasteiger partial charge < -0.3 is 19.8 Å². The summed E-state index contributed by atoms with van der Waals surface area (Å²) in [5, 5.41) is 5.47. The van der Waals surface area contributed by atoms with E-state index in [0.717, 1.165) is 35.1 Å². The lowest BCUT2D eigenvalue weighted by Crippen LogP contribution is -2.62. The van der Waals surface area contributed by atoms with E-state index in [1.807, 2.05) is 50.0 Å². The van der Waals surface area contributed by atoms with Crippen molar-refractivity contribution in [2.24, 2.45) is 0 Å². The van der Waals surface area contributed by atoms with Crippen LogP contribution in [0, 0.1) is 0 Å². The maximum absolute atomic E-state index is 14.0. The molecule has 1 aliphatic heterocycles. The largest absolute Gasteiger partial charge is 0.449 e. The molecule has 1 aromatic heterocycles. The van der Waals surface area contributed by atoms with Crippen LogP contribution in [0.3, 0.4) is 0 Å². The van der Waals surface area contributed by atoms with Crippen molar-refractivity contribution in [3.05, 3.63) is 99.1 Å². The van der Waals surface area contributed by atoms with Gasteiger partial charge in [0.15, 0.2) is 0 Å². The molecule has 244 valence electrons. The molecule has 0 unspecified atom stereocenters. The molecular formula is C36H38ClN5O5. The topological polar surface area (TPSA) is 106 Å². The van der Waals surface area contributed by atoms with E-state index in [1.165, 1.54) is 0 Å². The maximum Gasteiger partial charge on any atom is 0.410 e. The van der Waals surface area contributed by atoms with Crippen molar-refractivity contribution in [1.82, 2.24) is 19.9 Å². The summed E-state index contributed by atoms with van der Waals surface area (Å²) in [6, 6.07) is 21.6. The highest BCUT2D eigenvalue weighted by Crippen LogP contribution is 2.45. The number of alkyl carbamates (subject to hydrolysis) is 1. The number of carbonyl (C=O) groups excluding carboxylic acids is 2. The lowest BCUT2D eigenvalue weighted by molar-refractivity contribution is 0.00894. The lowest BCUT2D eigenvalue weighted by atomic mass is 9.98. The van der Waals surface area contributed by atoms with Crippen molar-refractivity contribution >= 4 is 34.7 Å². The Morgan fingerprint density at radius 1 is 0.979 bits per heavy atom. The van der Waals surface area contributed by atoms with Crippen molar-refractivity contribution < 1.29 is 19.1 Å². The molecule has 2 amide bonds. The Kier molecular flexibility index (Phi) is 7.86. The van der Waals surface area contributed by atoms with Crippen LogP contribution in [-0.4, -0.2) is 70.7 Å². The minimum absolute atomic E-state index is 0.0423. The number of nitrogens with one attached hydrogen (secondary N) is 1. The van der Waals surface area contributed by atoms with Crippen LogP contribution in [0.2, 0.25) is 5.02 Å². The number of aromatic nitrogens is 2. The van der Waals surface area contributed by atoms with Gasteiger partial charge in [0.25, 0.3) is 5.56 Å². The van der Waals surface area contributed by atoms with E-state index in [2.05, 4.69) is 29.6 Å². The Morgan fingerprint density at radius 3 is 2.32 bits per heavy atom. The van der Waals surface area contributed by atoms with E-state index in [9.17, 15) is 14.4 Å². The standard InChI is InChI=1S/C36H38ClN5O5/c1-35(2,3)47-34(45)41-20-19-40(22-36(41)16-17-36)42-30(39-29-14-8-13-28(37)31(29)32(42)43)15-18-38-33(44)46-21-27-25-11-6-4-9-23(25)24-10-5-7-12-26(24)27/h4-14,27H,15-22H2,1-3H3,(H,38,44). The van der Waals surface area contributed by atoms with Gasteiger partial charge in [-0.05, 0) is 68.0 Å². The normalized spacial score (nSPS) is 16.6. The Hall–Kier alpha value is -4.57. The first-order valence-electron chi connectivity index (χ1n) is 16.1. The third-order valence-electron chi connectivity index (χ3n) is 9.21. The molecule has 11 heteroatoms. The number of piperazine rings is 1. The van der Waals surface area contributed by atoms with Gasteiger partial charge in [-0.25, -0.2) is 19.2 Å². The summed E-state index contributed by atoms with van der Waals surface area (Å²) >= 11 is 6.50. The molecule has 47 heavy (non-hydrogen) atoms. The molecular weight excluding hydrogens is 618 g/mol. The molecule has 7 rings (SSSR count). The summed E-state index contributed by atoms with van der Waals surface area (Å²) in [5.74, 6) is 0.449. The van der Waals surface area contributed by atoms with Gasteiger partial charge in [-0.15, -0.1) is 0 Å². The monoisotopic (exact) mass is 655 g/mol. The zero-order valence-electron chi connectivity index (χ0n) is 26.8. The second kappa shape index (κ2) is 11.9. The summed E-state index contributed by atoms with van der Waals surface area (Å²) in [6.45, 7) is 7.25. The number of amides is 2. The van der Waals surface area contributed by atoms with E-state index >= 15 is 0 Å². The van der Waals surface area contributed by atoms with Crippen LogP contribution in [-0.2, 0) is 15.9 Å². The molecule has 0 atom stereocenters. The second-order valence-corrected chi connectivity index (χ2v) is 13.9. The number of fused-ring (bicyclic) bond motifs is 4. The molecule has 1 spiro atoms. The number of ether oxygens (including phenoxy) is 2. The predicted molar refractivity (Wildman–Crippen MR) is 181 cm³/mol. The molecule has 0 radical (unpaired) electrons. The highest BCUT2D eigenvalue weighted by molar-refractivity contribution is 6.35. The van der Waals surface area contributed by atoms with Crippen molar-refractivity contribution in [3.8, 4) is 11.1 Å². The van der Waals surface area contributed by atoms with Gasteiger partial charge in [0.05, 0.1) is 34.6 Å². The Bertz CT molecular complexity index is 1890. The molecule has 2 heterocycles. The molecule has 1 N–H and O–H groups in total. The van der Waals surface area contributed by atoms with Gasteiger partial charge in [0, 0.05) is 25.4 Å². The Labute approximate surface area is 278 Å². The number of benzene rings is 3. The van der Waals surface area contributed by atoms with E-state index in [-0.39, 0.29) is 37.1 Å². The fourth-order valence-electron chi connectivity index (χ4n) is 6.91. The zero-order chi connectivity index (χ0) is 32.9. The van der Waals surface area contributed by atoms with Crippen molar-refractivity contribution in [1.29, 1.82) is 0 Å². The smallest absolute Gasteiger partial charge is 0.410 e. The average Bonchev–Trinajstić information content (AvgIpc) is 3.71. The maximum atomic E-state index is 14.0. The zero-order valence-corrected chi connectivity index (χ0v) is 27.5. The molecule has 0 bridgehead atoms. The van der Waals surface area contributed by atoms with Crippen LogP contribution < -0.4 is 15.9 Å². The third kappa shape index (κ3) is 5.91. The number of halogens is 1. The number of nitrogens with zero attached hydrogens (tertiary/aromatic N) is 4. The van der Waals surface area contributed by atoms with Gasteiger partial charge in [-0.1, -0.05) is 66.2 Å². The molecule has 2 aliphatic carbocycles. The quantitative estimate of drug-likeness (QED) is 0.278. The van der Waals surface area contributed by atoms with Gasteiger partial charge in [0.1, 0.15) is 18.0 Å². The first kappa shape index (κ1) is 31.1. The summed E-state index contributed by atoms with van der Waals surface area (Å²) in [7, 11) is 0. The fourth-order valence-corrected chi connectivity index (χ4v) is 7.16. The molecule has 4 aromatic rings. The average molecular weight is 656 g/mol. The lowest BCUT2D eigenvalue weighted by Gasteiger charge is -2.43. The number of carbonyl (C=O) groups is 2. The first-order valence-corrected chi connectivity index (χ1v) is 16.5. The molecule has 3 aliphatic rings. The summed E-state index contributed by atoms with van der Waals surface area (Å²) in [5.41, 5.74) is 3.81. The number of rotatable bonds is 6. The van der Waals surface area contributed by atoms with Crippen LogP contribution >= 0.6 is 11.6 Å². The molecule has 1 saturated carbocycles. The fraction of sp³-hybridized carbons (Fsp3) is 0.389. The van der Waals surface area contributed by atoms with Crippen molar-refractivity contribution in [2.75, 3.05) is 37.8 Å². The summed E-state index contributed by atoms with van der Waals surface area (Å²) in [4.78, 5) is 46.7. The van der Waals surface area contributed by atoms with Gasteiger partial charge in [-0.3, -0.25) is 9.69 Å². The van der Waals surface area contributed by atoms with Crippen LogP contribution in [0.15, 0.2) is 71.5 Å². The van der Waals surface area contributed by atoms with Crippen LogP contribution in [0.1, 0.15) is 56.5 Å². The van der Waals surface area contributed by atoms with E-state index in [4.69, 9.17) is 26.1 Å². The molecule has 2 fully saturated rings. The van der Waals surface area contributed by atoms with Crippen LogP contribution in [0.5, 0.6) is 0 Å². The van der Waals surface area contributed by atoms with Crippen molar-refractivity contribution in [3.63, 3.8) is 0 Å². The van der Waals surface area contributed by atoms with E-state index in [1.54, 1.807) is 27.8 Å². The SMILES string of the molecule is CC(C)(C)OC(=O)N1CCN(n2c(CCNC(=O)OCC3c4ccccc4-c4ccccc43)nc3cccc(Cl)c3c2=O)CC12CC2. The van der Waals surface area contributed by atoms with E-state index in [0.29, 0.717) is 41.4 Å². The third-order valence-corrected chi connectivity index (χ3v) is 9.52. The summed E-state index contributed by atoms with van der Waals surface area (Å²) < 4.78 is 13.0. The summed E-state index contributed by atoms with van der Waals surface area (Å²) in [6.07, 6.45) is 1.04. The van der Waals surface area contributed by atoms with E-state index < -0.39 is 17.2 Å². The Balaban J connectivity index is 1.07. The minimum atomic E-state index is -0.604. The van der Waals surface area contributed by atoms with Crippen LogP contribution in [0.25, 0.3) is 22.0 Å². The number of hydrogen-bond acceptors (Lipinski definition) is 7. The predicted octanol–water partition coefficient (Wildman–Crippen LogP) is 5.85. The van der Waals surface area contributed by atoms with Gasteiger partial charge in [0.2, 0.25) is 0 Å².